The predicted octanol–water partition coefficient (Wildman–Crippen LogP) is 2.04. The highest BCUT2D eigenvalue weighted by atomic mass is 32.2. The molecule has 1 aliphatic heterocycles. The molecule has 0 bridgehead atoms. The molecule has 1 aromatic rings. The summed E-state index contributed by atoms with van der Waals surface area (Å²) in [4.78, 5) is 37.3. The van der Waals surface area contributed by atoms with Crippen molar-refractivity contribution in [3.8, 4) is 0 Å². The number of carboxylic acid groups (broad SMARTS) is 1. The summed E-state index contributed by atoms with van der Waals surface area (Å²) in [6.45, 7) is 7.69. The molecule has 0 aliphatic carbocycles. The van der Waals surface area contributed by atoms with Crippen LogP contribution in [0.15, 0.2) is 30.3 Å². The molecule has 0 spiro atoms. The Labute approximate surface area is 163 Å². The topological polar surface area (TPSA) is 110 Å². The maximum atomic E-state index is 12.7. The molecule has 27 heavy (non-hydrogen) atoms. The minimum atomic E-state index is -1.25. The first-order chi connectivity index (χ1) is 12.4. The predicted molar refractivity (Wildman–Crippen MR) is 105 cm³/mol. The number of nitrogens with two attached hydrogens (primary N) is 1. The molecule has 0 saturated carbocycles. The molecule has 1 aliphatic rings. The largest absolute Gasteiger partial charge is 0.481 e. The molecule has 2 rings (SSSR count). The number of nitrogens with zero attached hydrogens (tertiary/aromatic N) is 1. The van der Waals surface area contributed by atoms with E-state index in [2.05, 4.69) is 0 Å². The molecular weight excluding hydrogens is 368 g/mol. The zero-order valence-corrected chi connectivity index (χ0v) is 16.8. The maximum absolute atomic E-state index is 12.7. The Hall–Kier alpha value is -2.06. The van der Waals surface area contributed by atoms with E-state index in [9.17, 15) is 14.4 Å². The van der Waals surface area contributed by atoms with Crippen molar-refractivity contribution in [3.05, 3.63) is 30.3 Å². The number of hydrogen-bond acceptors (Lipinski definition) is 6. The Kier molecular flexibility index (Phi) is 6.21. The van der Waals surface area contributed by atoms with Gasteiger partial charge in [0.2, 0.25) is 5.91 Å². The number of benzene rings is 1. The van der Waals surface area contributed by atoms with Crippen LogP contribution in [0.1, 0.15) is 34.1 Å². The molecule has 1 heterocycles. The highest BCUT2D eigenvalue weighted by Crippen LogP contribution is 2.56. The second-order valence-electron chi connectivity index (χ2n) is 7.64. The normalized spacial score (nSPS) is 18.9. The Balaban J connectivity index is 2.16. The summed E-state index contributed by atoms with van der Waals surface area (Å²) >= 11 is 1.73. The maximum Gasteiger partial charge on any atom is 0.326 e. The van der Waals surface area contributed by atoms with E-state index in [-0.39, 0.29) is 22.1 Å². The van der Waals surface area contributed by atoms with Gasteiger partial charge in [0.15, 0.2) is 0 Å². The molecule has 1 atom stereocenters. The Morgan fingerprint density at radius 1 is 1.19 bits per heavy atom. The van der Waals surface area contributed by atoms with Gasteiger partial charge in [-0.05, 0) is 39.8 Å². The van der Waals surface area contributed by atoms with Gasteiger partial charge in [-0.2, -0.15) is 0 Å². The highest BCUT2D eigenvalue weighted by Gasteiger charge is 2.56. The van der Waals surface area contributed by atoms with Crippen LogP contribution in [0.3, 0.4) is 0 Å². The fraction of sp³-hybridized carbons (Fsp3) is 0.526. The molecule has 1 saturated heterocycles. The molecule has 7 nitrogen and oxygen atoms in total. The summed E-state index contributed by atoms with van der Waals surface area (Å²) in [5.74, 6) is -2.37. The summed E-state index contributed by atoms with van der Waals surface area (Å²) in [6.07, 6.45) is -0.806. The molecule has 1 amide bonds. The smallest absolute Gasteiger partial charge is 0.326 e. The molecule has 1 fully saturated rings. The van der Waals surface area contributed by atoms with Gasteiger partial charge >= 0.3 is 11.9 Å². The molecule has 148 valence electrons. The number of rotatable bonds is 7. The SMILES string of the molecule is CC1(C)SC(C)(C)C1OC(=O)CN(C(=O)[C@@H](N)CC(=O)O)c1ccccc1. The van der Waals surface area contributed by atoms with Crippen LogP contribution in [0.5, 0.6) is 0 Å². The van der Waals surface area contributed by atoms with Crippen LogP contribution in [0.2, 0.25) is 0 Å². The van der Waals surface area contributed by atoms with E-state index in [1.54, 1.807) is 42.1 Å². The van der Waals surface area contributed by atoms with Crippen LogP contribution < -0.4 is 10.6 Å². The minimum absolute atomic E-state index is 0.208. The number of esters is 1. The second kappa shape index (κ2) is 7.90. The van der Waals surface area contributed by atoms with E-state index in [4.69, 9.17) is 15.6 Å². The average molecular weight is 394 g/mol. The van der Waals surface area contributed by atoms with Crippen molar-refractivity contribution in [2.24, 2.45) is 5.73 Å². The van der Waals surface area contributed by atoms with Crippen LogP contribution in [0.4, 0.5) is 5.69 Å². The molecule has 0 unspecified atom stereocenters. The van der Waals surface area contributed by atoms with E-state index in [0.717, 1.165) is 0 Å². The monoisotopic (exact) mass is 394 g/mol. The third-order valence-electron chi connectivity index (χ3n) is 4.37. The second-order valence-corrected chi connectivity index (χ2v) is 9.95. The fourth-order valence-corrected chi connectivity index (χ4v) is 5.60. The number of carboxylic acids is 1. The number of amides is 1. The molecule has 3 N–H and O–H groups in total. The zero-order valence-electron chi connectivity index (χ0n) is 16.0. The minimum Gasteiger partial charge on any atom is -0.481 e. The van der Waals surface area contributed by atoms with Gasteiger partial charge in [-0.25, -0.2) is 0 Å². The Morgan fingerprint density at radius 2 is 1.74 bits per heavy atom. The van der Waals surface area contributed by atoms with Gasteiger partial charge in [0, 0.05) is 15.2 Å². The number of ether oxygens (including phenoxy) is 1. The number of carbonyl (C=O) groups excluding carboxylic acids is 2. The lowest BCUT2D eigenvalue weighted by atomic mass is 9.92. The van der Waals surface area contributed by atoms with Gasteiger partial charge < -0.3 is 15.6 Å². The first-order valence-corrected chi connectivity index (χ1v) is 9.49. The quantitative estimate of drug-likeness (QED) is 0.681. The molecule has 1 aromatic carbocycles. The van der Waals surface area contributed by atoms with Gasteiger partial charge in [-0.3, -0.25) is 19.3 Å². The summed E-state index contributed by atoms with van der Waals surface area (Å²) in [5, 5.41) is 8.90. The standard InChI is InChI=1S/C19H26N2O5S/c1-18(2)17(19(3,4)27-18)26-15(24)11-21(12-8-6-5-7-9-12)16(25)13(20)10-14(22)23/h5-9,13,17H,10-11,20H2,1-4H3,(H,22,23)/t13-/m0/s1. The Morgan fingerprint density at radius 3 is 2.22 bits per heavy atom. The van der Waals surface area contributed by atoms with Crippen LogP contribution >= 0.6 is 11.8 Å². The van der Waals surface area contributed by atoms with Gasteiger partial charge in [-0.1, -0.05) is 18.2 Å². The van der Waals surface area contributed by atoms with Crippen LogP contribution in [-0.4, -0.2) is 51.1 Å². The van der Waals surface area contributed by atoms with Crippen molar-refractivity contribution in [2.75, 3.05) is 11.4 Å². The van der Waals surface area contributed by atoms with Crippen LogP contribution in [0.25, 0.3) is 0 Å². The Bertz CT molecular complexity index is 706. The summed E-state index contributed by atoms with van der Waals surface area (Å²) < 4.78 is 5.25. The third-order valence-corrected chi connectivity index (χ3v) is 5.85. The number of anilines is 1. The average Bonchev–Trinajstić information content (AvgIpc) is 2.56. The number of para-hydroxylation sites is 1. The summed E-state index contributed by atoms with van der Waals surface area (Å²) in [7, 11) is 0. The number of carbonyl (C=O) groups is 3. The summed E-state index contributed by atoms with van der Waals surface area (Å²) in [6, 6.07) is 7.29. The first-order valence-electron chi connectivity index (χ1n) is 8.67. The van der Waals surface area contributed by atoms with Gasteiger partial charge in [0.1, 0.15) is 12.6 Å². The van der Waals surface area contributed by atoms with Crippen molar-refractivity contribution < 1.29 is 24.2 Å². The van der Waals surface area contributed by atoms with Crippen molar-refractivity contribution in [1.29, 1.82) is 0 Å². The van der Waals surface area contributed by atoms with E-state index in [0.29, 0.717) is 5.69 Å². The molecule has 0 radical (unpaired) electrons. The fourth-order valence-electron chi connectivity index (χ4n) is 3.53. The number of thioether (sulfide) groups is 1. The lowest BCUT2D eigenvalue weighted by Crippen LogP contribution is -2.61. The van der Waals surface area contributed by atoms with E-state index >= 15 is 0 Å². The van der Waals surface area contributed by atoms with Crippen molar-refractivity contribution in [3.63, 3.8) is 0 Å². The van der Waals surface area contributed by atoms with Crippen molar-refractivity contribution in [1.82, 2.24) is 0 Å². The van der Waals surface area contributed by atoms with E-state index in [1.165, 1.54) is 4.90 Å². The third kappa shape index (κ3) is 5.01. The van der Waals surface area contributed by atoms with Gasteiger partial charge in [0.05, 0.1) is 12.5 Å². The highest BCUT2D eigenvalue weighted by molar-refractivity contribution is 8.03. The van der Waals surface area contributed by atoms with Crippen molar-refractivity contribution in [2.45, 2.75) is 55.8 Å². The number of hydrogen-bond donors (Lipinski definition) is 2. The number of aliphatic carboxylic acids is 1. The first kappa shape index (κ1) is 21.2. The molecular formula is C19H26N2O5S. The van der Waals surface area contributed by atoms with Crippen LogP contribution in [-0.2, 0) is 19.1 Å². The lowest BCUT2D eigenvalue weighted by Gasteiger charge is -2.55. The summed E-state index contributed by atoms with van der Waals surface area (Å²) in [5.41, 5.74) is 6.19. The van der Waals surface area contributed by atoms with E-state index in [1.807, 2.05) is 27.7 Å². The van der Waals surface area contributed by atoms with Gasteiger partial charge in [0.25, 0.3) is 0 Å². The van der Waals surface area contributed by atoms with E-state index < -0.39 is 30.3 Å². The zero-order chi connectivity index (χ0) is 20.4. The lowest BCUT2D eigenvalue weighted by molar-refractivity contribution is -0.152. The molecule has 0 aromatic heterocycles. The molecule has 8 heteroatoms. The van der Waals surface area contributed by atoms with Crippen molar-refractivity contribution >= 4 is 35.3 Å². The van der Waals surface area contributed by atoms with Gasteiger partial charge in [-0.15, -0.1) is 11.8 Å². The van der Waals surface area contributed by atoms with Crippen LogP contribution in [0, 0.1) is 0 Å².